The Morgan fingerprint density at radius 1 is 1.12 bits per heavy atom. The summed E-state index contributed by atoms with van der Waals surface area (Å²) in [7, 11) is 2.03. The number of benzene rings is 1. The van der Waals surface area contributed by atoms with Gasteiger partial charge in [-0.25, -0.2) is 0 Å². The van der Waals surface area contributed by atoms with E-state index in [9.17, 15) is 4.79 Å². The van der Waals surface area contributed by atoms with Crippen LogP contribution in [-0.2, 0) is 22.6 Å². The third kappa shape index (κ3) is 5.53. The molecule has 1 amide bonds. The highest BCUT2D eigenvalue weighted by molar-refractivity contribution is 5.81. The molecule has 2 fully saturated rings. The molecule has 2 aliphatic heterocycles. The number of amides is 1. The average molecular weight is 345 g/mol. The maximum Gasteiger partial charge on any atom is 0.250 e. The number of carbonyl (C=O) groups is 1. The highest BCUT2D eigenvalue weighted by Gasteiger charge is 2.24. The van der Waals surface area contributed by atoms with Crippen molar-refractivity contribution >= 4 is 5.91 Å². The quantitative estimate of drug-likeness (QED) is 0.887. The number of morpholine rings is 1. The van der Waals surface area contributed by atoms with Gasteiger partial charge >= 0.3 is 0 Å². The molecular weight excluding hydrogens is 314 g/mol. The molecule has 2 heterocycles. The smallest absolute Gasteiger partial charge is 0.250 e. The molecule has 0 radical (unpaired) electrons. The zero-order valence-corrected chi connectivity index (χ0v) is 15.4. The summed E-state index contributed by atoms with van der Waals surface area (Å²) in [6.07, 6.45) is 4.95. The number of nitrogens with one attached hydrogen (secondary N) is 1. The van der Waals surface area contributed by atoms with E-state index in [4.69, 9.17) is 4.74 Å². The molecule has 5 nitrogen and oxygen atoms in total. The molecule has 2 saturated heterocycles. The first-order valence-electron chi connectivity index (χ1n) is 9.59. The predicted octanol–water partition coefficient (Wildman–Crippen LogP) is 2.01. The minimum atomic E-state index is -0.350. The van der Waals surface area contributed by atoms with Crippen molar-refractivity contribution in [1.82, 2.24) is 15.1 Å². The Hall–Kier alpha value is -1.43. The first-order valence-corrected chi connectivity index (χ1v) is 9.59. The predicted molar refractivity (Wildman–Crippen MR) is 99.3 cm³/mol. The summed E-state index contributed by atoms with van der Waals surface area (Å²) in [4.78, 5) is 17.1. The van der Waals surface area contributed by atoms with Gasteiger partial charge in [0, 0.05) is 26.2 Å². The van der Waals surface area contributed by atoms with Gasteiger partial charge in [-0.2, -0.15) is 0 Å². The van der Waals surface area contributed by atoms with Crippen LogP contribution in [0.1, 0.15) is 36.8 Å². The van der Waals surface area contributed by atoms with Crippen LogP contribution in [0.15, 0.2) is 24.3 Å². The molecule has 3 rings (SSSR count). The van der Waals surface area contributed by atoms with E-state index in [1.54, 1.807) is 0 Å². The third-order valence-electron chi connectivity index (χ3n) is 5.23. The molecule has 0 aliphatic carbocycles. The third-order valence-corrected chi connectivity index (χ3v) is 5.23. The van der Waals surface area contributed by atoms with Gasteiger partial charge in [0.25, 0.3) is 5.91 Å². The Bertz CT molecular complexity index is 556. The zero-order valence-electron chi connectivity index (χ0n) is 15.4. The molecule has 0 aromatic heterocycles. The molecular formula is C20H31N3O2. The Balaban J connectivity index is 1.56. The number of rotatable bonds is 5. The number of hydrogen-bond acceptors (Lipinski definition) is 4. The van der Waals surface area contributed by atoms with Crippen LogP contribution < -0.4 is 5.32 Å². The number of likely N-dealkylation sites (tertiary alicyclic amines) is 1. The fourth-order valence-electron chi connectivity index (χ4n) is 3.65. The topological polar surface area (TPSA) is 44.8 Å². The molecule has 1 atom stereocenters. The lowest BCUT2D eigenvalue weighted by molar-refractivity contribution is -0.138. The van der Waals surface area contributed by atoms with Crippen LogP contribution in [-0.4, -0.2) is 61.6 Å². The SMILES string of the molecule is CN1CCO[C@@H](C(=O)NCc2ccccc2CN2CCCCCC2)C1. The summed E-state index contributed by atoms with van der Waals surface area (Å²) in [6, 6.07) is 8.47. The second-order valence-corrected chi connectivity index (χ2v) is 7.30. The van der Waals surface area contributed by atoms with E-state index in [2.05, 4.69) is 39.4 Å². The summed E-state index contributed by atoms with van der Waals surface area (Å²) in [5.74, 6) is -0.00359. The first-order chi connectivity index (χ1) is 12.2. The van der Waals surface area contributed by atoms with Crippen molar-refractivity contribution in [2.24, 2.45) is 0 Å². The van der Waals surface area contributed by atoms with E-state index < -0.39 is 0 Å². The van der Waals surface area contributed by atoms with Crippen LogP contribution in [0.2, 0.25) is 0 Å². The van der Waals surface area contributed by atoms with Gasteiger partial charge in [-0.05, 0) is 44.1 Å². The minimum Gasteiger partial charge on any atom is -0.366 e. The normalized spacial score (nSPS) is 23.2. The molecule has 138 valence electrons. The van der Waals surface area contributed by atoms with Crippen molar-refractivity contribution in [2.75, 3.05) is 39.8 Å². The van der Waals surface area contributed by atoms with Crippen molar-refractivity contribution in [1.29, 1.82) is 0 Å². The molecule has 25 heavy (non-hydrogen) atoms. The highest BCUT2D eigenvalue weighted by atomic mass is 16.5. The van der Waals surface area contributed by atoms with Crippen molar-refractivity contribution in [3.8, 4) is 0 Å². The van der Waals surface area contributed by atoms with Gasteiger partial charge in [0.05, 0.1) is 6.61 Å². The highest BCUT2D eigenvalue weighted by Crippen LogP contribution is 2.16. The average Bonchev–Trinajstić information content (AvgIpc) is 2.89. The zero-order chi connectivity index (χ0) is 17.5. The summed E-state index contributed by atoms with van der Waals surface area (Å²) in [5, 5.41) is 3.07. The van der Waals surface area contributed by atoms with Crippen LogP contribution in [0.25, 0.3) is 0 Å². The molecule has 1 aromatic rings. The van der Waals surface area contributed by atoms with Gasteiger partial charge in [-0.15, -0.1) is 0 Å². The molecule has 5 heteroatoms. The van der Waals surface area contributed by atoms with Crippen LogP contribution in [0.5, 0.6) is 0 Å². The molecule has 0 saturated carbocycles. The number of hydrogen-bond donors (Lipinski definition) is 1. The maximum atomic E-state index is 12.4. The molecule has 0 unspecified atom stereocenters. The Morgan fingerprint density at radius 3 is 2.56 bits per heavy atom. The van der Waals surface area contributed by atoms with Gasteiger partial charge in [-0.3, -0.25) is 9.69 Å². The Kier molecular flexibility index (Phi) is 6.84. The maximum absolute atomic E-state index is 12.4. The molecule has 0 spiro atoms. The lowest BCUT2D eigenvalue weighted by Gasteiger charge is -2.29. The minimum absolute atomic E-state index is 0.00359. The van der Waals surface area contributed by atoms with Crippen LogP contribution in [0.3, 0.4) is 0 Å². The number of likely N-dealkylation sites (N-methyl/N-ethyl adjacent to an activating group) is 1. The Labute approximate surface area is 151 Å². The van der Waals surface area contributed by atoms with E-state index >= 15 is 0 Å². The fourth-order valence-corrected chi connectivity index (χ4v) is 3.65. The van der Waals surface area contributed by atoms with Gasteiger partial charge in [0.1, 0.15) is 6.10 Å². The van der Waals surface area contributed by atoms with E-state index in [1.807, 2.05) is 7.05 Å². The van der Waals surface area contributed by atoms with Crippen LogP contribution in [0, 0.1) is 0 Å². The lowest BCUT2D eigenvalue weighted by Crippen LogP contribution is -2.48. The summed E-state index contributed by atoms with van der Waals surface area (Å²) < 4.78 is 5.60. The second kappa shape index (κ2) is 9.32. The number of ether oxygens (including phenoxy) is 1. The summed E-state index contributed by atoms with van der Waals surface area (Å²) in [6.45, 7) is 6.11. The number of nitrogens with zero attached hydrogens (tertiary/aromatic N) is 2. The van der Waals surface area contributed by atoms with Gasteiger partial charge in [0.2, 0.25) is 0 Å². The first kappa shape index (κ1) is 18.4. The molecule has 1 N–H and O–H groups in total. The van der Waals surface area contributed by atoms with E-state index in [0.29, 0.717) is 19.7 Å². The van der Waals surface area contributed by atoms with Crippen molar-refractivity contribution in [3.05, 3.63) is 35.4 Å². The fraction of sp³-hybridized carbons (Fsp3) is 0.650. The monoisotopic (exact) mass is 345 g/mol. The number of carbonyl (C=O) groups excluding carboxylic acids is 1. The van der Waals surface area contributed by atoms with Gasteiger partial charge in [-0.1, -0.05) is 37.1 Å². The Morgan fingerprint density at radius 2 is 1.84 bits per heavy atom. The summed E-state index contributed by atoms with van der Waals surface area (Å²) in [5.41, 5.74) is 2.54. The molecule has 0 bridgehead atoms. The van der Waals surface area contributed by atoms with Crippen molar-refractivity contribution in [2.45, 2.75) is 44.9 Å². The summed E-state index contributed by atoms with van der Waals surface area (Å²) >= 11 is 0. The molecule has 2 aliphatic rings. The van der Waals surface area contributed by atoms with Gasteiger partial charge in [0.15, 0.2) is 0 Å². The standard InChI is InChI=1S/C20H31N3O2/c1-22-12-13-25-19(16-22)20(24)21-14-17-8-4-5-9-18(17)15-23-10-6-2-3-7-11-23/h4-5,8-9,19H,2-3,6-7,10-16H2,1H3,(H,21,24)/t19-/m1/s1. The molecule has 1 aromatic carbocycles. The lowest BCUT2D eigenvalue weighted by atomic mass is 10.1. The largest absolute Gasteiger partial charge is 0.366 e. The van der Waals surface area contributed by atoms with Crippen LogP contribution in [0.4, 0.5) is 0 Å². The van der Waals surface area contributed by atoms with E-state index in [-0.39, 0.29) is 12.0 Å². The van der Waals surface area contributed by atoms with E-state index in [0.717, 1.165) is 13.1 Å². The second-order valence-electron chi connectivity index (χ2n) is 7.30. The van der Waals surface area contributed by atoms with Gasteiger partial charge < -0.3 is 15.0 Å². The van der Waals surface area contributed by atoms with Crippen molar-refractivity contribution in [3.63, 3.8) is 0 Å². The van der Waals surface area contributed by atoms with E-state index in [1.165, 1.54) is 49.9 Å². The van der Waals surface area contributed by atoms with Crippen molar-refractivity contribution < 1.29 is 9.53 Å². The van der Waals surface area contributed by atoms with Crippen LogP contribution >= 0.6 is 0 Å².